The van der Waals surface area contributed by atoms with Gasteiger partial charge in [-0.2, -0.15) is 0 Å². The van der Waals surface area contributed by atoms with Crippen molar-refractivity contribution in [3.8, 4) is 0 Å². The molecule has 5 rings (SSSR count). The number of amides is 1. The van der Waals surface area contributed by atoms with Gasteiger partial charge in [0.05, 0.1) is 11.3 Å². The second kappa shape index (κ2) is 8.06. The molecule has 33 heavy (non-hydrogen) atoms. The van der Waals surface area contributed by atoms with E-state index in [1.54, 1.807) is 30.6 Å². The normalized spacial score (nSPS) is 17.9. The number of Topliss-reactive ketones (excluding diaryl/α,β-unsaturated/α-hetero) is 1. The number of hydrogen-bond donors (Lipinski definition) is 2. The first-order valence-corrected chi connectivity index (χ1v) is 10.9. The van der Waals surface area contributed by atoms with Crippen molar-refractivity contribution in [1.29, 1.82) is 0 Å². The summed E-state index contributed by atoms with van der Waals surface area (Å²) in [7, 11) is 0. The highest BCUT2D eigenvalue weighted by atomic mass is 16.3. The third kappa shape index (κ3) is 3.40. The molecule has 0 radical (unpaired) electrons. The van der Waals surface area contributed by atoms with Crippen LogP contribution in [0.4, 0.5) is 5.69 Å². The fraction of sp³-hybridized carbons (Fsp3) is 0.148. The number of anilines is 1. The number of carbonyl (C=O) groups excluding carboxylic acids is 2. The van der Waals surface area contributed by atoms with Crippen molar-refractivity contribution in [2.24, 2.45) is 0 Å². The van der Waals surface area contributed by atoms with E-state index in [2.05, 4.69) is 23.8 Å². The molecule has 2 aromatic carbocycles. The Morgan fingerprint density at radius 1 is 1.00 bits per heavy atom. The number of para-hydroxylation sites is 1. The topological polar surface area (TPSA) is 86.3 Å². The maximum Gasteiger partial charge on any atom is 0.300 e. The first-order chi connectivity index (χ1) is 16.0. The molecule has 1 saturated heterocycles. The minimum absolute atomic E-state index is 0.0244. The average molecular weight is 437 g/mol. The highest BCUT2D eigenvalue weighted by molar-refractivity contribution is 6.51. The Labute approximate surface area is 191 Å². The lowest BCUT2D eigenvalue weighted by atomic mass is 9.97. The number of aromatic nitrogens is 2. The lowest BCUT2D eigenvalue weighted by Gasteiger charge is -2.25. The van der Waals surface area contributed by atoms with Crippen LogP contribution in [0.15, 0.2) is 84.7 Å². The van der Waals surface area contributed by atoms with E-state index in [9.17, 15) is 14.7 Å². The molecule has 2 N–H and O–H groups in total. The third-order valence-electron chi connectivity index (χ3n) is 6.09. The number of aliphatic hydroxyl groups excluding tert-OH is 1. The molecule has 6 nitrogen and oxygen atoms in total. The van der Waals surface area contributed by atoms with Crippen molar-refractivity contribution < 1.29 is 14.7 Å². The second-order valence-corrected chi connectivity index (χ2v) is 8.42. The van der Waals surface area contributed by atoms with Crippen molar-refractivity contribution in [2.45, 2.75) is 25.8 Å². The number of ketones is 1. The first-order valence-electron chi connectivity index (χ1n) is 10.9. The van der Waals surface area contributed by atoms with Crippen LogP contribution >= 0.6 is 0 Å². The maximum absolute atomic E-state index is 13.3. The van der Waals surface area contributed by atoms with Crippen LogP contribution in [0.1, 0.15) is 42.6 Å². The molecular weight excluding hydrogens is 414 g/mol. The number of benzene rings is 2. The van der Waals surface area contributed by atoms with Crippen molar-refractivity contribution in [3.63, 3.8) is 0 Å². The summed E-state index contributed by atoms with van der Waals surface area (Å²) in [6.45, 7) is 4.19. The third-order valence-corrected chi connectivity index (χ3v) is 6.09. The van der Waals surface area contributed by atoms with E-state index in [4.69, 9.17) is 0 Å². The molecule has 0 bridgehead atoms. The van der Waals surface area contributed by atoms with Crippen LogP contribution in [0.5, 0.6) is 0 Å². The van der Waals surface area contributed by atoms with E-state index >= 15 is 0 Å². The average Bonchev–Trinajstić information content (AvgIpc) is 3.38. The molecule has 2 aromatic heterocycles. The fourth-order valence-electron chi connectivity index (χ4n) is 4.35. The summed E-state index contributed by atoms with van der Waals surface area (Å²) in [5, 5.41) is 12.1. The Morgan fingerprint density at radius 2 is 1.73 bits per heavy atom. The molecule has 3 heterocycles. The van der Waals surface area contributed by atoms with Gasteiger partial charge in [-0.15, -0.1) is 0 Å². The zero-order chi connectivity index (χ0) is 23.1. The number of fused-ring (bicyclic) bond motifs is 1. The summed E-state index contributed by atoms with van der Waals surface area (Å²) in [6, 6.07) is 19.6. The molecule has 6 heteroatoms. The quantitative estimate of drug-likeness (QED) is 0.257. The molecule has 0 aliphatic carbocycles. The molecule has 164 valence electrons. The van der Waals surface area contributed by atoms with Crippen LogP contribution in [0.25, 0.3) is 16.7 Å². The zero-order valence-corrected chi connectivity index (χ0v) is 18.3. The number of nitrogens with zero attached hydrogens (tertiary/aromatic N) is 2. The van der Waals surface area contributed by atoms with E-state index in [0.29, 0.717) is 22.9 Å². The molecule has 0 saturated carbocycles. The van der Waals surface area contributed by atoms with Crippen LogP contribution in [-0.2, 0) is 9.59 Å². The number of aromatic amines is 1. The predicted octanol–water partition coefficient (Wildman–Crippen LogP) is 5.31. The highest BCUT2D eigenvalue weighted by Crippen LogP contribution is 2.42. The highest BCUT2D eigenvalue weighted by Gasteiger charge is 2.47. The second-order valence-electron chi connectivity index (χ2n) is 8.42. The number of H-pyrrole nitrogens is 1. The number of carbonyl (C=O) groups is 2. The Morgan fingerprint density at radius 3 is 2.42 bits per heavy atom. The van der Waals surface area contributed by atoms with Crippen molar-refractivity contribution in [2.75, 3.05) is 4.90 Å². The molecular formula is C27H23N3O3. The zero-order valence-electron chi connectivity index (χ0n) is 18.3. The Balaban J connectivity index is 1.71. The Bertz CT molecular complexity index is 1390. The molecule has 1 atom stereocenters. The van der Waals surface area contributed by atoms with E-state index in [1.165, 1.54) is 4.90 Å². The van der Waals surface area contributed by atoms with E-state index in [1.807, 2.05) is 48.5 Å². The molecule has 1 aliphatic heterocycles. The molecule has 1 aliphatic rings. The molecule has 0 spiro atoms. The molecule has 1 amide bonds. The number of nitrogens with one attached hydrogen (secondary N) is 1. The summed E-state index contributed by atoms with van der Waals surface area (Å²) < 4.78 is 0. The molecule has 1 unspecified atom stereocenters. The van der Waals surface area contributed by atoms with Crippen LogP contribution in [0, 0.1) is 0 Å². The van der Waals surface area contributed by atoms with E-state index in [-0.39, 0.29) is 11.3 Å². The smallest absolute Gasteiger partial charge is 0.300 e. The first kappa shape index (κ1) is 20.7. The summed E-state index contributed by atoms with van der Waals surface area (Å²) in [5.74, 6) is -1.31. The van der Waals surface area contributed by atoms with Gasteiger partial charge < -0.3 is 10.1 Å². The number of rotatable bonds is 4. The van der Waals surface area contributed by atoms with Gasteiger partial charge in [-0.1, -0.05) is 50.2 Å². The Kier molecular flexibility index (Phi) is 5.05. The van der Waals surface area contributed by atoms with Gasteiger partial charge in [0, 0.05) is 34.5 Å². The summed E-state index contributed by atoms with van der Waals surface area (Å²) in [6.07, 6.45) is 3.27. The van der Waals surface area contributed by atoms with Crippen LogP contribution < -0.4 is 4.90 Å². The minimum Gasteiger partial charge on any atom is -0.507 e. The van der Waals surface area contributed by atoms with Crippen LogP contribution in [0.3, 0.4) is 0 Å². The lowest BCUT2D eigenvalue weighted by molar-refractivity contribution is -0.132. The van der Waals surface area contributed by atoms with Crippen molar-refractivity contribution in [1.82, 2.24) is 9.97 Å². The lowest BCUT2D eigenvalue weighted by Crippen LogP contribution is -2.29. The largest absolute Gasteiger partial charge is 0.507 e. The van der Waals surface area contributed by atoms with Crippen LogP contribution in [-0.4, -0.2) is 26.8 Å². The van der Waals surface area contributed by atoms with Crippen molar-refractivity contribution >= 4 is 34.0 Å². The van der Waals surface area contributed by atoms with Crippen LogP contribution in [0.2, 0.25) is 0 Å². The monoisotopic (exact) mass is 437 g/mol. The maximum atomic E-state index is 13.3. The summed E-state index contributed by atoms with van der Waals surface area (Å²) in [4.78, 5) is 35.5. The van der Waals surface area contributed by atoms with E-state index in [0.717, 1.165) is 16.5 Å². The summed E-state index contributed by atoms with van der Waals surface area (Å²) in [5.41, 5.74) is 3.53. The molecule has 4 aromatic rings. The summed E-state index contributed by atoms with van der Waals surface area (Å²) >= 11 is 0. The standard InChI is InChI=1S/C27H23N3O3/c1-16(2)17-10-12-18(13-11-17)30-24(22-9-5-6-14-28-22)23(26(32)27(30)33)25(31)20-15-29-21-8-4-3-7-19(20)21/h3-16,24,29,31H,1-2H3/b25-23-. The number of hydrogen-bond acceptors (Lipinski definition) is 4. The van der Waals surface area contributed by atoms with Gasteiger partial charge in [0.2, 0.25) is 0 Å². The molecule has 1 fully saturated rings. The van der Waals surface area contributed by atoms with E-state index < -0.39 is 17.7 Å². The Hall–Kier alpha value is -4.19. The number of pyridine rings is 1. The van der Waals surface area contributed by atoms with Crippen molar-refractivity contribution in [3.05, 3.63) is 102 Å². The predicted molar refractivity (Wildman–Crippen MR) is 128 cm³/mol. The van der Waals surface area contributed by atoms with Gasteiger partial charge in [0.25, 0.3) is 11.7 Å². The van der Waals surface area contributed by atoms with Gasteiger partial charge in [0.1, 0.15) is 11.8 Å². The fourth-order valence-corrected chi connectivity index (χ4v) is 4.35. The van der Waals surface area contributed by atoms with Gasteiger partial charge >= 0.3 is 0 Å². The SMILES string of the molecule is CC(C)c1ccc(N2C(=O)C(=O)/C(=C(\O)c3c[nH]c4ccccc34)C2c2ccccn2)cc1. The minimum atomic E-state index is -0.843. The van der Waals surface area contributed by atoms with Gasteiger partial charge in [-0.05, 0) is 41.8 Å². The van der Waals surface area contributed by atoms with Gasteiger partial charge in [-0.3, -0.25) is 19.5 Å². The van der Waals surface area contributed by atoms with Gasteiger partial charge in [-0.25, -0.2) is 0 Å². The number of aliphatic hydroxyl groups is 1. The van der Waals surface area contributed by atoms with Gasteiger partial charge in [0.15, 0.2) is 0 Å².